The predicted molar refractivity (Wildman–Crippen MR) is 114 cm³/mol. The van der Waals surface area contributed by atoms with Crippen molar-refractivity contribution in [2.45, 2.75) is 54.9 Å². The zero-order valence-electron chi connectivity index (χ0n) is 14.5. The van der Waals surface area contributed by atoms with Gasteiger partial charge in [0.05, 0.1) is 0 Å². The number of hydrogen-bond acceptors (Lipinski definition) is 0. The highest BCUT2D eigenvalue weighted by molar-refractivity contribution is 14.1. The highest BCUT2D eigenvalue weighted by Crippen LogP contribution is 2.32. The molecule has 0 saturated carbocycles. The molecule has 2 rings (SSSR count). The molecular formula is C20H24I2. The fourth-order valence-corrected chi connectivity index (χ4v) is 4.95. The van der Waals surface area contributed by atoms with Crippen LogP contribution in [0.4, 0.5) is 0 Å². The van der Waals surface area contributed by atoms with Gasteiger partial charge in [-0.15, -0.1) is 0 Å². The summed E-state index contributed by atoms with van der Waals surface area (Å²) in [4.78, 5) is 0. The van der Waals surface area contributed by atoms with Gasteiger partial charge in [0, 0.05) is 7.14 Å². The molecular weight excluding hydrogens is 494 g/mol. The second-order valence-corrected chi connectivity index (χ2v) is 8.55. The van der Waals surface area contributed by atoms with Crippen molar-refractivity contribution in [3.05, 3.63) is 63.3 Å². The Kier molecular flexibility index (Phi) is 5.63. The molecule has 0 aliphatic rings. The molecule has 0 bridgehead atoms. The van der Waals surface area contributed by atoms with Crippen LogP contribution < -0.4 is 0 Å². The maximum absolute atomic E-state index is 2.53. The number of aryl methyl sites for hydroxylation is 2. The van der Waals surface area contributed by atoms with E-state index in [4.69, 9.17) is 0 Å². The van der Waals surface area contributed by atoms with E-state index in [9.17, 15) is 0 Å². The average molecular weight is 518 g/mol. The van der Waals surface area contributed by atoms with Crippen molar-refractivity contribution in [3.8, 4) is 0 Å². The Hall–Kier alpha value is -0.100. The summed E-state index contributed by atoms with van der Waals surface area (Å²) in [7, 11) is 0. The zero-order valence-corrected chi connectivity index (χ0v) is 18.9. The van der Waals surface area contributed by atoms with Crippen molar-refractivity contribution in [2.75, 3.05) is 0 Å². The molecule has 0 radical (unpaired) electrons. The van der Waals surface area contributed by atoms with E-state index in [1.807, 2.05) is 0 Å². The largest absolute Gasteiger partial charge is 0.0558 e. The van der Waals surface area contributed by atoms with Crippen LogP contribution in [-0.2, 0) is 6.42 Å². The monoisotopic (exact) mass is 518 g/mol. The molecule has 2 heteroatoms. The van der Waals surface area contributed by atoms with E-state index in [-0.39, 0.29) is 0 Å². The molecule has 0 atom stereocenters. The van der Waals surface area contributed by atoms with Gasteiger partial charge in [0.2, 0.25) is 0 Å². The molecule has 0 aromatic heterocycles. The summed E-state index contributed by atoms with van der Waals surface area (Å²) in [6.45, 7) is 15.8. The maximum atomic E-state index is 2.53. The fourth-order valence-electron chi connectivity index (χ4n) is 3.10. The van der Waals surface area contributed by atoms with Gasteiger partial charge in [-0.2, -0.15) is 0 Å². The third-order valence-electron chi connectivity index (χ3n) is 5.14. The van der Waals surface area contributed by atoms with E-state index in [1.165, 1.54) is 57.2 Å². The van der Waals surface area contributed by atoms with Gasteiger partial charge in [-0.1, -0.05) is 6.07 Å². The first-order valence-corrected chi connectivity index (χ1v) is 9.82. The molecule has 2 aromatic carbocycles. The van der Waals surface area contributed by atoms with Crippen LogP contribution in [0.2, 0.25) is 0 Å². The lowest BCUT2D eigenvalue weighted by Gasteiger charge is -2.20. The molecule has 0 aliphatic carbocycles. The van der Waals surface area contributed by atoms with Gasteiger partial charge in [-0.05, 0) is 150 Å². The minimum absolute atomic E-state index is 1.04. The molecule has 0 unspecified atom stereocenters. The van der Waals surface area contributed by atoms with Crippen molar-refractivity contribution in [1.29, 1.82) is 0 Å². The van der Waals surface area contributed by atoms with Crippen LogP contribution in [-0.4, -0.2) is 0 Å². The standard InChI is InChI=1S/C20H24I2/c1-10-8-11(2)17(20(22)12(10)3)9-18-13(4)15(6)19(21)16(7)14(18)5/h8H,9H2,1-7H3. The molecule has 0 aliphatic heterocycles. The minimum atomic E-state index is 1.04. The van der Waals surface area contributed by atoms with E-state index >= 15 is 0 Å². The summed E-state index contributed by atoms with van der Waals surface area (Å²) in [5.74, 6) is 0. The normalized spacial score (nSPS) is 11.1. The zero-order chi connectivity index (χ0) is 16.8. The summed E-state index contributed by atoms with van der Waals surface area (Å²) in [6.07, 6.45) is 1.04. The van der Waals surface area contributed by atoms with Crippen molar-refractivity contribution in [3.63, 3.8) is 0 Å². The molecule has 0 saturated heterocycles. The summed E-state index contributed by atoms with van der Waals surface area (Å²) >= 11 is 5.02. The molecule has 0 heterocycles. The van der Waals surface area contributed by atoms with E-state index in [0.717, 1.165) is 6.42 Å². The Morgan fingerprint density at radius 3 is 1.59 bits per heavy atom. The lowest BCUT2D eigenvalue weighted by atomic mass is 9.88. The number of halogens is 2. The van der Waals surface area contributed by atoms with Gasteiger partial charge in [0.25, 0.3) is 0 Å². The second kappa shape index (κ2) is 6.80. The van der Waals surface area contributed by atoms with Gasteiger partial charge in [-0.3, -0.25) is 0 Å². The summed E-state index contributed by atoms with van der Waals surface area (Å²) in [5.41, 5.74) is 13.0. The van der Waals surface area contributed by atoms with E-state index in [0.29, 0.717) is 0 Å². The number of benzene rings is 2. The van der Waals surface area contributed by atoms with Crippen molar-refractivity contribution in [2.24, 2.45) is 0 Å². The molecule has 2 aromatic rings. The summed E-state index contributed by atoms with van der Waals surface area (Å²) in [5, 5.41) is 0. The lowest BCUT2D eigenvalue weighted by molar-refractivity contribution is 1.04. The third kappa shape index (κ3) is 3.10. The Bertz CT molecular complexity index is 726. The van der Waals surface area contributed by atoms with Gasteiger partial charge >= 0.3 is 0 Å². The first kappa shape index (κ1) is 18.2. The molecule has 0 spiro atoms. The van der Waals surface area contributed by atoms with Gasteiger partial charge in [0.1, 0.15) is 0 Å². The number of rotatable bonds is 2. The van der Waals surface area contributed by atoms with E-state index in [2.05, 4.69) is 99.7 Å². The van der Waals surface area contributed by atoms with E-state index < -0.39 is 0 Å². The Labute approximate surface area is 162 Å². The molecule has 0 nitrogen and oxygen atoms in total. The first-order valence-electron chi connectivity index (χ1n) is 7.66. The molecule has 22 heavy (non-hydrogen) atoms. The van der Waals surface area contributed by atoms with Crippen LogP contribution in [0.25, 0.3) is 0 Å². The summed E-state index contributed by atoms with van der Waals surface area (Å²) in [6, 6.07) is 2.34. The van der Waals surface area contributed by atoms with Crippen LogP contribution in [0.1, 0.15) is 50.1 Å². The van der Waals surface area contributed by atoms with Gasteiger partial charge in [-0.25, -0.2) is 0 Å². The van der Waals surface area contributed by atoms with Crippen LogP contribution in [0.5, 0.6) is 0 Å². The average Bonchev–Trinajstić information content (AvgIpc) is 2.48. The van der Waals surface area contributed by atoms with Gasteiger partial charge < -0.3 is 0 Å². The lowest BCUT2D eigenvalue weighted by Crippen LogP contribution is -2.07. The molecule has 0 N–H and O–H groups in total. The quantitative estimate of drug-likeness (QED) is 0.391. The topological polar surface area (TPSA) is 0 Å². The Balaban J connectivity index is 2.66. The fraction of sp³-hybridized carbons (Fsp3) is 0.400. The predicted octanol–water partition coefficient (Wildman–Crippen LogP) is 6.65. The van der Waals surface area contributed by atoms with Gasteiger partial charge in [0.15, 0.2) is 0 Å². The first-order chi connectivity index (χ1) is 10.2. The van der Waals surface area contributed by atoms with Crippen LogP contribution in [0.3, 0.4) is 0 Å². The third-order valence-corrected chi connectivity index (χ3v) is 8.22. The summed E-state index contributed by atoms with van der Waals surface area (Å²) < 4.78 is 2.85. The Morgan fingerprint density at radius 1 is 0.591 bits per heavy atom. The minimum Gasteiger partial charge on any atom is -0.0558 e. The highest BCUT2D eigenvalue weighted by Gasteiger charge is 2.16. The van der Waals surface area contributed by atoms with Crippen LogP contribution in [0, 0.1) is 55.6 Å². The smallest absolute Gasteiger partial charge is 0.0200 e. The SMILES string of the molecule is Cc1cc(C)c(Cc2c(C)c(C)c(I)c(C)c2C)c(I)c1C. The molecule has 118 valence electrons. The van der Waals surface area contributed by atoms with Crippen LogP contribution >= 0.6 is 45.2 Å². The van der Waals surface area contributed by atoms with E-state index in [1.54, 1.807) is 0 Å². The van der Waals surface area contributed by atoms with Crippen molar-refractivity contribution in [1.82, 2.24) is 0 Å². The second-order valence-electron chi connectivity index (χ2n) is 6.40. The number of hydrogen-bond donors (Lipinski definition) is 0. The maximum Gasteiger partial charge on any atom is 0.0200 e. The molecule has 0 fully saturated rings. The Morgan fingerprint density at radius 2 is 1.09 bits per heavy atom. The van der Waals surface area contributed by atoms with Crippen molar-refractivity contribution < 1.29 is 0 Å². The van der Waals surface area contributed by atoms with Crippen molar-refractivity contribution >= 4 is 45.2 Å². The highest BCUT2D eigenvalue weighted by atomic mass is 127. The van der Waals surface area contributed by atoms with Crippen LogP contribution in [0.15, 0.2) is 6.07 Å². The molecule has 0 amide bonds.